The van der Waals surface area contributed by atoms with Gasteiger partial charge in [0.2, 0.25) is 5.91 Å². The topological polar surface area (TPSA) is 87.7 Å². The fraction of sp³-hybridized carbons (Fsp3) is 0.273. The molecular formula is C22H22IN3O4S. The van der Waals surface area contributed by atoms with Gasteiger partial charge in [-0.25, -0.2) is 0 Å². The molecule has 9 heteroatoms. The van der Waals surface area contributed by atoms with E-state index in [1.165, 1.54) is 0 Å². The number of benzene rings is 2. The van der Waals surface area contributed by atoms with Gasteiger partial charge >= 0.3 is 5.97 Å². The van der Waals surface area contributed by atoms with Crippen molar-refractivity contribution in [2.24, 2.45) is 0 Å². The number of piperazine rings is 1. The molecule has 1 atom stereocenters. The van der Waals surface area contributed by atoms with E-state index in [-0.39, 0.29) is 30.0 Å². The number of hydrogen-bond acceptors (Lipinski definition) is 5. The maximum absolute atomic E-state index is 12.5. The fourth-order valence-corrected chi connectivity index (χ4v) is 4.03. The third-order valence-electron chi connectivity index (χ3n) is 4.76. The monoisotopic (exact) mass is 551 g/mol. The molecular weight excluding hydrogens is 529 g/mol. The van der Waals surface area contributed by atoms with E-state index >= 15 is 0 Å². The summed E-state index contributed by atoms with van der Waals surface area (Å²) in [6.45, 7) is 0.988. The average molecular weight is 551 g/mol. The number of rotatable bonds is 6. The molecule has 1 saturated heterocycles. The van der Waals surface area contributed by atoms with Crippen LogP contribution in [-0.2, 0) is 20.7 Å². The van der Waals surface area contributed by atoms with Crippen LogP contribution in [0.2, 0.25) is 0 Å². The van der Waals surface area contributed by atoms with Gasteiger partial charge in [-0.2, -0.15) is 0 Å². The largest absolute Gasteiger partial charge is 0.465 e. The van der Waals surface area contributed by atoms with Crippen molar-refractivity contribution in [2.75, 3.05) is 19.7 Å². The summed E-state index contributed by atoms with van der Waals surface area (Å²) < 4.78 is 6.23. The van der Waals surface area contributed by atoms with E-state index in [9.17, 15) is 14.4 Å². The molecule has 3 rings (SSSR count). The van der Waals surface area contributed by atoms with Crippen LogP contribution in [0.1, 0.15) is 22.3 Å². The summed E-state index contributed by atoms with van der Waals surface area (Å²) in [4.78, 5) is 38.8. The number of hydrogen-bond donors (Lipinski definition) is 2. The third kappa shape index (κ3) is 6.73. The molecule has 1 aliphatic heterocycles. The number of carbonyl (C=O) groups excluding carboxylic acids is 3. The van der Waals surface area contributed by atoms with Crippen molar-refractivity contribution in [3.05, 3.63) is 69.3 Å². The predicted octanol–water partition coefficient (Wildman–Crippen LogP) is 2.28. The fourth-order valence-electron chi connectivity index (χ4n) is 3.18. The lowest BCUT2D eigenvalue weighted by Gasteiger charge is -2.36. The number of nitrogens with one attached hydrogen (secondary N) is 2. The van der Waals surface area contributed by atoms with Gasteiger partial charge in [-0.15, -0.1) is 0 Å². The standard InChI is InChI=1S/C22H22IN3O4S/c23-17-8-4-7-16(13-17)20(28)25-22(31)26-11-10-24-21(29)18(26)14-19(27)30-12-9-15-5-2-1-3-6-15/h1-8,13,18H,9-12,14H2,(H,24,29)(H,25,28,31). The summed E-state index contributed by atoms with van der Waals surface area (Å²) in [7, 11) is 0. The van der Waals surface area contributed by atoms with Gasteiger partial charge in [0.05, 0.1) is 13.0 Å². The zero-order valence-electron chi connectivity index (χ0n) is 16.7. The molecule has 162 valence electrons. The minimum absolute atomic E-state index is 0.112. The van der Waals surface area contributed by atoms with Crippen LogP contribution >= 0.6 is 34.8 Å². The number of thiocarbonyl (C=S) groups is 1. The van der Waals surface area contributed by atoms with E-state index in [0.29, 0.717) is 25.1 Å². The van der Waals surface area contributed by atoms with Gasteiger partial charge in [0, 0.05) is 28.6 Å². The Labute approximate surface area is 199 Å². The van der Waals surface area contributed by atoms with Crippen molar-refractivity contribution in [3.8, 4) is 0 Å². The number of nitrogens with zero attached hydrogens (tertiary/aromatic N) is 1. The second kappa shape index (κ2) is 11.2. The second-order valence-electron chi connectivity index (χ2n) is 6.93. The Morgan fingerprint density at radius 2 is 1.97 bits per heavy atom. The number of carbonyl (C=O) groups is 3. The van der Waals surface area contributed by atoms with Crippen LogP contribution < -0.4 is 10.6 Å². The zero-order chi connectivity index (χ0) is 22.2. The molecule has 1 unspecified atom stereocenters. The lowest BCUT2D eigenvalue weighted by Crippen LogP contribution is -2.60. The quantitative estimate of drug-likeness (QED) is 0.326. The maximum Gasteiger partial charge on any atom is 0.308 e. The van der Waals surface area contributed by atoms with Gasteiger partial charge in [0.15, 0.2) is 5.11 Å². The van der Waals surface area contributed by atoms with E-state index in [2.05, 4.69) is 33.2 Å². The first-order valence-corrected chi connectivity index (χ1v) is 11.3. The molecule has 2 amide bonds. The van der Waals surface area contributed by atoms with Crippen LogP contribution in [0.25, 0.3) is 0 Å². The van der Waals surface area contributed by atoms with Crippen LogP contribution in [0.5, 0.6) is 0 Å². The van der Waals surface area contributed by atoms with Crippen LogP contribution in [-0.4, -0.2) is 53.5 Å². The molecule has 0 spiro atoms. The van der Waals surface area contributed by atoms with Crippen LogP contribution in [0.4, 0.5) is 0 Å². The third-order valence-corrected chi connectivity index (χ3v) is 5.76. The molecule has 0 saturated carbocycles. The van der Waals surface area contributed by atoms with E-state index in [0.717, 1.165) is 9.13 Å². The average Bonchev–Trinajstić information content (AvgIpc) is 2.76. The summed E-state index contributed by atoms with van der Waals surface area (Å²) in [5, 5.41) is 5.51. The Balaban J connectivity index is 1.57. The van der Waals surface area contributed by atoms with Crippen molar-refractivity contribution < 1.29 is 19.1 Å². The summed E-state index contributed by atoms with van der Waals surface area (Å²) in [5.74, 6) is -1.18. The first-order chi connectivity index (χ1) is 14.9. The zero-order valence-corrected chi connectivity index (χ0v) is 19.6. The van der Waals surface area contributed by atoms with Crippen LogP contribution in [0.3, 0.4) is 0 Å². The van der Waals surface area contributed by atoms with Gasteiger partial charge in [-0.3, -0.25) is 19.7 Å². The number of ether oxygens (including phenoxy) is 1. The highest BCUT2D eigenvalue weighted by Crippen LogP contribution is 2.12. The van der Waals surface area contributed by atoms with Gasteiger partial charge in [0.25, 0.3) is 5.91 Å². The minimum atomic E-state index is -0.832. The Morgan fingerprint density at radius 3 is 2.71 bits per heavy atom. The highest BCUT2D eigenvalue weighted by atomic mass is 127. The Bertz CT molecular complexity index is 970. The lowest BCUT2D eigenvalue weighted by molar-refractivity contribution is -0.147. The van der Waals surface area contributed by atoms with Crippen LogP contribution in [0, 0.1) is 3.57 Å². The molecule has 1 aliphatic rings. The molecule has 0 radical (unpaired) electrons. The lowest BCUT2D eigenvalue weighted by atomic mass is 10.1. The van der Waals surface area contributed by atoms with Crippen molar-refractivity contribution in [2.45, 2.75) is 18.9 Å². The molecule has 1 fully saturated rings. The Morgan fingerprint density at radius 1 is 1.19 bits per heavy atom. The minimum Gasteiger partial charge on any atom is -0.465 e. The summed E-state index contributed by atoms with van der Waals surface area (Å²) in [6, 6.07) is 15.9. The van der Waals surface area contributed by atoms with Crippen molar-refractivity contribution in [1.29, 1.82) is 0 Å². The first-order valence-electron chi connectivity index (χ1n) is 9.79. The number of amides is 2. The Hall–Kier alpha value is -2.53. The Kier molecular flexibility index (Phi) is 8.35. The predicted molar refractivity (Wildman–Crippen MR) is 128 cm³/mol. The van der Waals surface area contributed by atoms with Gasteiger partial charge < -0.3 is 15.0 Å². The van der Waals surface area contributed by atoms with Gasteiger partial charge in [-0.1, -0.05) is 36.4 Å². The summed E-state index contributed by atoms with van der Waals surface area (Å²) in [5.41, 5.74) is 1.53. The molecule has 0 aliphatic carbocycles. The van der Waals surface area contributed by atoms with E-state index in [4.69, 9.17) is 17.0 Å². The van der Waals surface area contributed by atoms with Crippen LogP contribution in [0.15, 0.2) is 54.6 Å². The molecule has 2 N–H and O–H groups in total. The smallest absolute Gasteiger partial charge is 0.308 e. The molecule has 31 heavy (non-hydrogen) atoms. The normalized spacial score (nSPS) is 15.7. The van der Waals surface area contributed by atoms with E-state index in [1.807, 2.05) is 36.4 Å². The van der Waals surface area contributed by atoms with Crippen molar-refractivity contribution in [1.82, 2.24) is 15.5 Å². The molecule has 2 aromatic carbocycles. The van der Waals surface area contributed by atoms with Crippen molar-refractivity contribution >= 4 is 57.7 Å². The van der Waals surface area contributed by atoms with Crippen molar-refractivity contribution in [3.63, 3.8) is 0 Å². The summed E-state index contributed by atoms with van der Waals surface area (Å²) >= 11 is 7.50. The molecule has 0 aromatic heterocycles. The van der Waals surface area contributed by atoms with E-state index < -0.39 is 12.0 Å². The summed E-state index contributed by atoms with van der Waals surface area (Å²) in [6.07, 6.45) is 0.442. The van der Waals surface area contributed by atoms with Gasteiger partial charge in [0.1, 0.15) is 6.04 Å². The molecule has 7 nitrogen and oxygen atoms in total. The number of esters is 1. The maximum atomic E-state index is 12.5. The highest BCUT2D eigenvalue weighted by Gasteiger charge is 2.34. The first kappa shape index (κ1) is 23.1. The highest BCUT2D eigenvalue weighted by molar-refractivity contribution is 14.1. The molecule has 1 heterocycles. The van der Waals surface area contributed by atoms with Gasteiger partial charge in [-0.05, 0) is 58.6 Å². The molecule has 2 aromatic rings. The molecule has 0 bridgehead atoms. The SMILES string of the molecule is O=C(CC1C(=O)NCCN1C(=S)NC(=O)c1cccc(I)c1)OCCc1ccccc1. The number of halogens is 1. The second-order valence-corrected chi connectivity index (χ2v) is 8.56. The van der Waals surface area contributed by atoms with E-state index in [1.54, 1.807) is 23.1 Å².